The molecule has 0 aliphatic heterocycles. The van der Waals surface area contributed by atoms with Crippen molar-refractivity contribution in [3.05, 3.63) is 76.1 Å². The summed E-state index contributed by atoms with van der Waals surface area (Å²) in [4.78, 5) is 32.7. The van der Waals surface area contributed by atoms with Crippen LogP contribution in [0.15, 0.2) is 48.5 Å². The maximum absolute atomic E-state index is 12.6. The minimum atomic E-state index is -0.369. The Bertz CT molecular complexity index is 1070. The molecule has 1 amide bonds. The summed E-state index contributed by atoms with van der Waals surface area (Å²) in [6.45, 7) is 5.17. The Kier molecular flexibility index (Phi) is 5.70. The van der Waals surface area contributed by atoms with Crippen LogP contribution in [0, 0.1) is 13.8 Å². The largest absolute Gasteiger partial charge is 0.324 e. The number of ketones is 1. The summed E-state index contributed by atoms with van der Waals surface area (Å²) in [5.41, 5.74) is 3.60. The molecule has 0 atom stereocenters. The van der Waals surface area contributed by atoms with Crippen LogP contribution in [0.5, 0.6) is 0 Å². The van der Waals surface area contributed by atoms with Crippen LogP contribution in [-0.2, 0) is 0 Å². The van der Waals surface area contributed by atoms with Crippen LogP contribution < -0.4 is 10.6 Å². The zero-order valence-corrected chi connectivity index (χ0v) is 16.5. The molecule has 28 heavy (non-hydrogen) atoms. The van der Waals surface area contributed by atoms with E-state index in [4.69, 9.17) is 11.6 Å². The van der Waals surface area contributed by atoms with Crippen molar-refractivity contribution in [3.63, 3.8) is 0 Å². The van der Waals surface area contributed by atoms with Crippen molar-refractivity contribution < 1.29 is 9.59 Å². The second-order valence-electron chi connectivity index (χ2n) is 6.40. The molecule has 1 heterocycles. The molecule has 0 saturated heterocycles. The van der Waals surface area contributed by atoms with Gasteiger partial charge in [-0.15, -0.1) is 0 Å². The van der Waals surface area contributed by atoms with Gasteiger partial charge >= 0.3 is 0 Å². The molecule has 3 aromatic rings. The molecule has 0 spiro atoms. The Hall–Kier alpha value is -3.25. The number of aromatic nitrogens is 2. The quantitative estimate of drug-likeness (QED) is 0.598. The molecular formula is C21H19ClN4O2. The first-order chi connectivity index (χ1) is 13.3. The maximum Gasteiger partial charge on any atom is 0.274 e. The van der Waals surface area contributed by atoms with Crippen LogP contribution in [0.2, 0.25) is 5.02 Å². The van der Waals surface area contributed by atoms with Crippen LogP contribution in [-0.4, -0.2) is 21.7 Å². The van der Waals surface area contributed by atoms with E-state index in [2.05, 4.69) is 20.6 Å². The fourth-order valence-corrected chi connectivity index (χ4v) is 2.73. The third-order valence-electron chi connectivity index (χ3n) is 4.04. The van der Waals surface area contributed by atoms with Gasteiger partial charge in [-0.25, -0.2) is 9.97 Å². The number of hydrogen-bond acceptors (Lipinski definition) is 5. The van der Waals surface area contributed by atoms with Gasteiger partial charge in [-0.3, -0.25) is 9.59 Å². The van der Waals surface area contributed by atoms with Crippen molar-refractivity contribution in [2.45, 2.75) is 20.8 Å². The van der Waals surface area contributed by atoms with Gasteiger partial charge in [0.1, 0.15) is 5.69 Å². The average molecular weight is 395 g/mol. The van der Waals surface area contributed by atoms with Crippen molar-refractivity contribution in [2.75, 3.05) is 10.6 Å². The number of anilines is 3. The lowest BCUT2D eigenvalue weighted by Gasteiger charge is -2.10. The van der Waals surface area contributed by atoms with Crippen LogP contribution in [0.25, 0.3) is 0 Å². The molecule has 2 N–H and O–H groups in total. The number of carbonyl (C=O) groups excluding carboxylic acids is 2. The Morgan fingerprint density at radius 3 is 2.46 bits per heavy atom. The van der Waals surface area contributed by atoms with E-state index in [9.17, 15) is 9.59 Å². The Balaban J connectivity index is 1.82. The minimum Gasteiger partial charge on any atom is -0.324 e. The van der Waals surface area contributed by atoms with E-state index in [1.54, 1.807) is 49.4 Å². The summed E-state index contributed by atoms with van der Waals surface area (Å²) in [6, 6.07) is 13.9. The first-order valence-corrected chi connectivity index (χ1v) is 9.01. The first-order valence-electron chi connectivity index (χ1n) is 8.63. The van der Waals surface area contributed by atoms with Gasteiger partial charge in [0.05, 0.1) is 0 Å². The second kappa shape index (κ2) is 8.19. The fraction of sp³-hybridized carbons (Fsp3) is 0.143. The molecule has 3 rings (SSSR count). The van der Waals surface area contributed by atoms with E-state index in [1.165, 1.54) is 6.92 Å². The van der Waals surface area contributed by atoms with Crippen molar-refractivity contribution in [2.24, 2.45) is 0 Å². The zero-order chi connectivity index (χ0) is 20.3. The number of Topliss-reactive ketones (excluding diaryl/α,β-unsaturated/α-hetero) is 1. The highest BCUT2D eigenvalue weighted by Crippen LogP contribution is 2.21. The van der Waals surface area contributed by atoms with Gasteiger partial charge in [-0.05, 0) is 56.7 Å². The Morgan fingerprint density at radius 2 is 1.75 bits per heavy atom. The van der Waals surface area contributed by atoms with Gasteiger partial charge in [0, 0.05) is 27.7 Å². The SMILES string of the molecule is CC(=O)c1cccc(Nc2nc(C)cc(C(=O)Nc3ccc(C)c(Cl)c3)n2)c1. The van der Waals surface area contributed by atoms with Gasteiger partial charge in [-0.2, -0.15) is 0 Å². The lowest BCUT2D eigenvalue weighted by molar-refractivity contribution is 0.101. The van der Waals surface area contributed by atoms with Crippen molar-refractivity contribution in [1.82, 2.24) is 9.97 Å². The summed E-state index contributed by atoms with van der Waals surface area (Å²) in [5, 5.41) is 6.40. The highest BCUT2D eigenvalue weighted by Gasteiger charge is 2.12. The number of hydrogen-bond donors (Lipinski definition) is 2. The number of aryl methyl sites for hydroxylation is 2. The molecular weight excluding hydrogens is 376 g/mol. The number of carbonyl (C=O) groups is 2. The molecule has 0 aliphatic rings. The number of nitrogens with one attached hydrogen (secondary N) is 2. The summed E-state index contributed by atoms with van der Waals surface area (Å²) in [5.74, 6) is -0.135. The molecule has 1 aromatic heterocycles. The topological polar surface area (TPSA) is 84.0 Å². The average Bonchev–Trinajstić information content (AvgIpc) is 2.64. The number of rotatable bonds is 5. The molecule has 0 aliphatic carbocycles. The number of amides is 1. The lowest BCUT2D eigenvalue weighted by Crippen LogP contribution is -2.15. The van der Waals surface area contributed by atoms with Gasteiger partial charge in [-0.1, -0.05) is 29.8 Å². The Labute approximate surface area is 168 Å². The predicted molar refractivity (Wildman–Crippen MR) is 111 cm³/mol. The third kappa shape index (κ3) is 4.72. The van der Waals surface area contributed by atoms with Gasteiger partial charge < -0.3 is 10.6 Å². The molecule has 0 saturated carbocycles. The summed E-state index contributed by atoms with van der Waals surface area (Å²) >= 11 is 6.11. The molecule has 6 nitrogen and oxygen atoms in total. The third-order valence-corrected chi connectivity index (χ3v) is 4.45. The van der Waals surface area contributed by atoms with Gasteiger partial charge in [0.25, 0.3) is 5.91 Å². The lowest BCUT2D eigenvalue weighted by atomic mass is 10.1. The minimum absolute atomic E-state index is 0.0364. The highest BCUT2D eigenvalue weighted by atomic mass is 35.5. The van der Waals surface area contributed by atoms with Crippen molar-refractivity contribution in [1.29, 1.82) is 0 Å². The van der Waals surface area contributed by atoms with E-state index in [0.29, 0.717) is 27.7 Å². The molecule has 0 radical (unpaired) electrons. The van der Waals surface area contributed by atoms with Crippen molar-refractivity contribution >= 4 is 40.6 Å². The van der Waals surface area contributed by atoms with Crippen LogP contribution >= 0.6 is 11.6 Å². The number of halogens is 1. The smallest absolute Gasteiger partial charge is 0.274 e. The molecule has 142 valence electrons. The standard InChI is InChI=1S/C21H19ClN4O2/c1-12-7-8-17(11-18(12)22)24-20(28)19-9-13(2)23-21(26-19)25-16-6-4-5-15(10-16)14(3)27/h4-11H,1-3H3,(H,24,28)(H,23,25,26). The van der Waals surface area contributed by atoms with E-state index in [1.807, 2.05) is 13.0 Å². The van der Waals surface area contributed by atoms with E-state index in [-0.39, 0.29) is 23.3 Å². The van der Waals surface area contributed by atoms with Crippen molar-refractivity contribution in [3.8, 4) is 0 Å². The molecule has 0 bridgehead atoms. The normalized spacial score (nSPS) is 10.4. The predicted octanol–water partition coefficient (Wildman–Crippen LogP) is 4.95. The van der Waals surface area contributed by atoms with Crippen LogP contribution in [0.1, 0.15) is 39.0 Å². The number of benzene rings is 2. The van der Waals surface area contributed by atoms with Crippen LogP contribution in [0.4, 0.5) is 17.3 Å². The molecule has 0 unspecified atom stereocenters. The Morgan fingerprint density at radius 1 is 0.964 bits per heavy atom. The van der Waals surface area contributed by atoms with Gasteiger partial charge in [0.2, 0.25) is 5.95 Å². The molecule has 2 aromatic carbocycles. The monoisotopic (exact) mass is 394 g/mol. The van der Waals surface area contributed by atoms with Crippen LogP contribution in [0.3, 0.4) is 0 Å². The summed E-state index contributed by atoms with van der Waals surface area (Å²) < 4.78 is 0. The summed E-state index contributed by atoms with van der Waals surface area (Å²) in [7, 11) is 0. The van der Waals surface area contributed by atoms with E-state index in [0.717, 1.165) is 5.56 Å². The van der Waals surface area contributed by atoms with Gasteiger partial charge in [0.15, 0.2) is 5.78 Å². The molecule has 0 fully saturated rings. The highest BCUT2D eigenvalue weighted by molar-refractivity contribution is 6.31. The van der Waals surface area contributed by atoms with E-state index >= 15 is 0 Å². The second-order valence-corrected chi connectivity index (χ2v) is 6.81. The van der Waals surface area contributed by atoms with E-state index < -0.39 is 0 Å². The molecule has 7 heteroatoms. The summed E-state index contributed by atoms with van der Waals surface area (Å²) in [6.07, 6.45) is 0. The zero-order valence-electron chi connectivity index (χ0n) is 15.7. The number of nitrogens with zero attached hydrogens (tertiary/aromatic N) is 2. The first kappa shape index (κ1) is 19.5. The maximum atomic E-state index is 12.6. The fourth-order valence-electron chi connectivity index (χ4n) is 2.55.